The standard InChI is InChI=1S/C11H8BrNO3/c1-16-11(15)6-2-3-9-7(4-6)8(12)5-10(14)13-9/h2-5H,1H3,(H,13,14). The van der Waals surface area contributed by atoms with E-state index in [-0.39, 0.29) is 5.56 Å². The second-order valence-electron chi connectivity index (χ2n) is 3.23. The van der Waals surface area contributed by atoms with Gasteiger partial charge in [-0.05, 0) is 34.1 Å². The van der Waals surface area contributed by atoms with Gasteiger partial charge in [0, 0.05) is 21.4 Å². The number of benzene rings is 1. The molecule has 1 aromatic heterocycles. The van der Waals surface area contributed by atoms with E-state index < -0.39 is 5.97 Å². The number of fused-ring (bicyclic) bond motifs is 1. The van der Waals surface area contributed by atoms with Crippen molar-refractivity contribution in [2.24, 2.45) is 0 Å². The largest absolute Gasteiger partial charge is 0.465 e. The van der Waals surface area contributed by atoms with Crippen LogP contribution < -0.4 is 5.56 Å². The first-order chi connectivity index (χ1) is 7.61. The zero-order valence-electron chi connectivity index (χ0n) is 8.41. The highest BCUT2D eigenvalue weighted by Crippen LogP contribution is 2.21. The van der Waals surface area contributed by atoms with Crippen LogP contribution in [-0.4, -0.2) is 18.1 Å². The Morgan fingerprint density at radius 3 is 2.81 bits per heavy atom. The minimum Gasteiger partial charge on any atom is -0.465 e. The number of rotatable bonds is 1. The molecule has 1 aromatic carbocycles. The molecule has 0 saturated heterocycles. The Kier molecular flexibility index (Phi) is 2.78. The van der Waals surface area contributed by atoms with Crippen molar-refractivity contribution in [3.8, 4) is 0 Å². The van der Waals surface area contributed by atoms with E-state index in [1.165, 1.54) is 13.2 Å². The predicted octanol–water partition coefficient (Wildman–Crippen LogP) is 2.08. The topological polar surface area (TPSA) is 59.2 Å². The van der Waals surface area contributed by atoms with Gasteiger partial charge in [-0.3, -0.25) is 4.79 Å². The van der Waals surface area contributed by atoms with Crippen LogP contribution in [0.3, 0.4) is 0 Å². The summed E-state index contributed by atoms with van der Waals surface area (Å²) >= 11 is 3.28. The summed E-state index contributed by atoms with van der Waals surface area (Å²) in [5.41, 5.74) is 0.931. The number of halogens is 1. The number of esters is 1. The highest BCUT2D eigenvalue weighted by molar-refractivity contribution is 9.10. The molecule has 0 aliphatic heterocycles. The third kappa shape index (κ3) is 1.86. The zero-order valence-corrected chi connectivity index (χ0v) is 10.00. The summed E-state index contributed by atoms with van der Waals surface area (Å²) in [5.74, 6) is -0.403. The monoisotopic (exact) mass is 281 g/mol. The minimum absolute atomic E-state index is 0.190. The van der Waals surface area contributed by atoms with Gasteiger partial charge >= 0.3 is 5.97 Å². The molecule has 2 rings (SSSR count). The van der Waals surface area contributed by atoms with Crippen molar-refractivity contribution < 1.29 is 9.53 Å². The molecule has 0 aliphatic carbocycles. The van der Waals surface area contributed by atoms with E-state index in [2.05, 4.69) is 25.7 Å². The highest BCUT2D eigenvalue weighted by Gasteiger charge is 2.08. The molecule has 4 nitrogen and oxygen atoms in total. The first-order valence-electron chi connectivity index (χ1n) is 4.52. The Bertz CT molecular complexity index is 618. The third-order valence-electron chi connectivity index (χ3n) is 2.21. The van der Waals surface area contributed by atoms with Crippen molar-refractivity contribution in [3.05, 3.63) is 44.7 Å². The normalized spacial score (nSPS) is 10.4. The first-order valence-corrected chi connectivity index (χ1v) is 5.32. The maximum Gasteiger partial charge on any atom is 0.337 e. The van der Waals surface area contributed by atoms with E-state index >= 15 is 0 Å². The lowest BCUT2D eigenvalue weighted by Gasteiger charge is -2.03. The van der Waals surface area contributed by atoms with Gasteiger partial charge in [-0.2, -0.15) is 0 Å². The quantitative estimate of drug-likeness (QED) is 0.815. The van der Waals surface area contributed by atoms with E-state index in [0.29, 0.717) is 15.6 Å². The number of aromatic nitrogens is 1. The number of carbonyl (C=O) groups excluding carboxylic acids is 1. The van der Waals surface area contributed by atoms with Crippen LogP contribution >= 0.6 is 15.9 Å². The summed E-state index contributed by atoms with van der Waals surface area (Å²) in [6, 6.07) is 6.37. The lowest BCUT2D eigenvalue weighted by Crippen LogP contribution is -2.05. The average Bonchev–Trinajstić information content (AvgIpc) is 2.27. The van der Waals surface area contributed by atoms with Crippen LogP contribution in [0.15, 0.2) is 33.5 Å². The molecule has 0 spiro atoms. The molecule has 0 saturated carbocycles. The van der Waals surface area contributed by atoms with Gasteiger partial charge in [0.15, 0.2) is 0 Å². The van der Waals surface area contributed by atoms with Crippen molar-refractivity contribution in [3.63, 3.8) is 0 Å². The first kappa shape index (κ1) is 10.9. The number of pyridine rings is 1. The van der Waals surface area contributed by atoms with Crippen molar-refractivity contribution >= 4 is 32.8 Å². The Labute approximate surface area is 99.4 Å². The van der Waals surface area contributed by atoms with Crippen molar-refractivity contribution in [1.82, 2.24) is 4.98 Å². The molecule has 1 N–H and O–H groups in total. The van der Waals surface area contributed by atoms with Gasteiger partial charge in [-0.25, -0.2) is 4.79 Å². The smallest absolute Gasteiger partial charge is 0.337 e. The molecule has 0 atom stereocenters. The van der Waals surface area contributed by atoms with Crippen molar-refractivity contribution in [1.29, 1.82) is 0 Å². The van der Waals surface area contributed by atoms with Gasteiger partial charge in [0.1, 0.15) is 0 Å². The van der Waals surface area contributed by atoms with E-state index in [1.807, 2.05) is 0 Å². The minimum atomic E-state index is -0.403. The van der Waals surface area contributed by atoms with E-state index in [0.717, 1.165) is 5.39 Å². The summed E-state index contributed by atoms with van der Waals surface area (Å²) in [5, 5.41) is 0.766. The fourth-order valence-corrected chi connectivity index (χ4v) is 1.99. The molecule has 0 radical (unpaired) electrons. The van der Waals surface area contributed by atoms with Gasteiger partial charge in [-0.1, -0.05) is 0 Å². The SMILES string of the molecule is COC(=O)c1ccc2[nH]c(=O)cc(Br)c2c1. The maximum absolute atomic E-state index is 11.3. The summed E-state index contributed by atoms with van der Waals surface area (Å²) in [4.78, 5) is 25.2. The number of aromatic amines is 1. The van der Waals surface area contributed by atoms with E-state index in [1.54, 1.807) is 18.2 Å². The Hall–Kier alpha value is -1.62. The number of hydrogen-bond donors (Lipinski definition) is 1. The lowest BCUT2D eigenvalue weighted by molar-refractivity contribution is 0.0601. The Morgan fingerprint density at radius 2 is 2.12 bits per heavy atom. The van der Waals surface area contributed by atoms with Crippen LogP contribution in [-0.2, 0) is 4.74 Å². The molecule has 2 aromatic rings. The second-order valence-corrected chi connectivity index (χ2v) is 4.09. The molecule has 0 fully saturated rings. The number of methoxy groups -OCH3 is 1. The molecule has 0 unspecified atom stereocenters. The fourth-order valence-electron chi connectivity index (χ4n) is 1.46. The van der Waals surface area contributed by atoms with Crippen LogP contribution in [0.25, 0.3) is 10.9 Å². The molecular formula is C11H8BrNO3. The molecule has 5 heteroatoms. The molecule has 0 amide bonds. The van der Waals surface area contributed by atoms with Crippen LogP contribution in [0.2, 0.25) is 0 Å². The second kappa shape index (κ2) is 4.09. The molecule has 16 heavy (non-hydrogen) atoms. The van der Waals surface area contributed by atoms with Crippen LogP contribution in [0.4, 0.5) is 0 Å². The maximum atomic E-state index is 11.3. The van der Waals surface area contributed by atoms with E-state index in [4.69, 9.17) is 0 Å². The summed E-state index contributed by atoms with van der Waals surface area (Å²) < 4.78 is 5.27. The van der Waals surface area contributed by atoms with Gasteiger partial charge < -0.3 is 9.72 Å². The predicted molar refractivity (Wildman–Crippen MR) is 63.6 cm³/mol. The number of nitrogens with one attached hydrogen (secondary N) is 1. The molecule has 0 bridgehead atoms. The van der Waals surface area contributed by atoms with Crippen LogP contribution in [0.5, 0.6) is 0 Å². The number of carbonyl (C=O) groups is 1. The summed E-state index contributed by atoms with van der Waals surface area (Å²) in [7, 11) is 1.33. The van der Waals surface area contributed by atoms with Crippen LogP contribution in [0.1, 0.15) is 10.4 Å². The number of ether oxygens (including phenoxy) is 1. The Morgan fingerprint density at radius 1 is 1.38 bits per heavy atom. The zero-order chi connectivity index (χ0) is 11.7. The van der Waals surface area contributed by atoms with Crippen molar-refractivity contribution in [2.75, 3.05) is 7.11 Å². The third-order valence-corrected chi connectivity index (χ3v) is 2.87. The molecule has 0 aliphatic rings. The van der Waals surface area contributed by atoms with Crippen molar-refractivity contribution in [2.45, 2.75) is 0 Å². The van der Waals surface area contributed by atoms with Crippen LogP contribution in [0, 0.1) is 0 Å². The lowest BCUT2D eigenvalue weighted by atomic mass is 10.1. The number of hydrogen-bond acceptors (Lipinski definition) is 3. The van der Waals surface area contributed by atoms with Gasteiger partial charge in [0.05, 0.1) is 12.7 Å². The van der Waals surface area contributed by atoms with Gasteiger partial charge in [0.2, 0.25) is 5.56 Å². The molecule has 1 heterocycles. The van der Waals surface area contributed by atoms with Gasteiger partial charge in [-0.15, -0.1) is 0 Å². The fraction of sp³-hybridized carbons (Fsp3) is 0.0909. The Balaban J connectivity index is 2.71. The van der Waals surface area contributed by atoms with Gasteiger partial charge in [0.25, 0.3) is 0 Å². The van der Waals surface area contributed by atoms with E-state index in [9.17, 15) is 9.59 Å². The average molecular weight is 282 g/mol. The molecule has 82 valence electrons. The summed E-state index contributed by atoms with van der Waals surface area (Å²) in [6.07, 6.45) is 0. The highest BCUT2D eigenvalue weighted by atomic mass is 79.9. The number of H-pyrrole nitrogens is 1. The summed E-state index contributed by atoms with van der Waals surface area (Å²) in [6.45, 7) is 0. The molecular weight excluding hydrogens is 274 g/mol.